The number of esters is 1. The van der Waals surface area contributed by atoms with Gasteiger partial charge in [0.25, 0.3) is 0 Å². The molecule has 2 unspecified atom stereocenters. The minimum Gasteiger partial charge on any atom is -0.466 e. The fourth-order valence-electron chi connectivity index (χ4n) is 12.8. The SMILES string of the molecule is CCCC/C=C\CCCCCCCC(=O)OCCCCCCCCCCCCCCC/C=C\C/C=C\CCCCCCCCCCCCCCCCCCCC(=O)NC(CO)C(O)CCCCCCCCCCCCCCCCCCCCCCCCC. The lowest BCUT2D eigenvalue weighted by atomic mass is 10.0. The third-order valence-corrected chi connectivity index (χ3v) is 18.9. The molecule has 0 heterocycles. The average molecular weight is 1240 g/mol. The molecule has 0 aliphatic rings. The summed E-state index contributed by atoms with van der Waals surface area (Å²) in [5, 5.41) is 23.5. The lowest BCUT2D eigenvalue weighted by molar-refractivity contribution is -0.143. The van der Waals surface area contributed by atoms with Crippen LogP contribution < -0.4 is 5.32 Å². The van der Waals surface area contributed by atoms with E-state index in [1.165, 1.54) is 366 Å². The molecule has 0 aliphatic carbocycles. The largest absolute Gasteiger partial charge is 0.466 e. The summed E-state index contributed by atoms with van der Waals surface area (Å²) >= 11 is 0. The molecule has 88 heavy (non-hydrogen) atoms. The molecule has 6 heteroatoms. The van der Waals surface area contributed by atoms with Gasteiger partial charge in [-0.3, -0.25) is 9.59 Å². The van der Waals surface area contributed by atoms with Gasteiger partial charge in [-0.1, -0.05) is 397 Å². The lowest BCUT2D eigenvalue weighted by Gasteiger charge is -2.22. The second-order valence-electron chi connectivity index (χ2n) is 27.7. The molecule has 520 valence electrons. The van der Waals surface area contributed by atoms with E-state index < -0.39 is 12.1 Å². The Labute approximate surface area is 551 Å². The summed E-state index contributed by atoms with van der Waals surface area (Å²) < 4.78 is 5.47. The summed E-state index contributed by atoms with van der Waals surface area (Å²) in [5.74, 6) is -0.0186. The van der Waals surface area contributed by atoms with Crippen LogP contribution in [0.5, 0.6) is 0 Å². The van der Waals surface area contributed by atoms with E-state index in [9.17, 15) is 19.8 Å². The van der Waals surface area contributed by atoms with Crippen LogP contribution in [0.4, 0.5) is 0 Å². The molecule has 0 bridgehead atoms. The lowest BCUT2D eigenvalue weighted by Crippen LogP contribution is -2.45. The Hall–Kier alpha value is -1.92. The van der Waals surface area contributed by atoms with Crippen molar-refractivity contribution in [3.05, 3.63) is 36.5 Å². The first-order valence-electron chi connectivity index (χ1n) is 40.2. The molecule has 1 amide bonds. The van der Waals surface area contributed by atoms with Crippen molar-refractivity contribution in [3.63, 3.8) is 0 Å². The molecule has 0 rings (SSSR count). The monoisotopic (exact) mass is 1240 g/mol. The van der Waals surface area contributed by atoms with E-state index in [0.29, 0.717) is 25.9 Å². The van der Waals surface area contributed by atoms with Crippen molar-refractivity contribution in [1.82, 2.24) is 5.32 Å². The first-order chi connectivity index (χ1) is 43.5. The van der Waals surface area contributed by atoms with Crippen LogP contribution in [0.25, 0.3) is 0 Å². The van der Waals surface area contributed by atoms with Crippen LogP contribution in [0, 0.1) is 0 Å². The number of ether oxygens (including phenoxy) is 1. The normalized spacial score (nSPS) is 12.6. The number of aliphatic hydroxyl groups excluding tert-OH is 2. The minimum atomic E-state index is -0.664. The van der Waals surface area contributed by atoms with E-state index in [0.717, 1.165) is 51.4 Å². The molecular weight excluding hydrogens is 1080 g/mol. The van der Waals surface area contributed by atoms with Crippen molar-refractivity contribution < 1.29 is 24.5 Å². The van der Waals surface area contributed by atoms with Crippen molar-refractivity contribution in [3.8, 4) is 0 Å². The van der Waals surface area contributed by atoms with Gasteiger partial charge < -0.3 is 20.3 Å². The number of nitrogens with one attached hydrogen (secondary N) is 1. The molecule has 0 radical (unpaired) electrons. The second-order valence-corrected chi connectivity index (χ2v) is 27.7. The molecule has 0 aromatic carbocycles. The number of carbonyl (C=O) groups is 2. The first kappa shape index (κ1) is 86.1. The molecule has 3 N–H and O–H groups in total. The Morgan fingerprint density at radius 2 is 0.580 bits per heavy atom. The third-order valence-electron chi connectivity index (χ3n) is 18.9. The zero-order valence-electron chi connectivity index (χ0n) is 59.7. The van der Waals surface area contributed by atoms with Gasteiger partial charge in [-0.05, 0) is 77.0 Å². The third kappa shape index (κ3) is 73.1. The summed E-state index contributed by atoms with van der Waals surface area (Å²) in [6, 6.07) is -0.541. The van der Waals surface area contributed by atoms with Crippen LogP contribution >= 0.6 is 0 Å². The van der Waals surface area contributed by atoms with Crippen molar-refractivity contribution in [2.45, 2.75) is 463 Å². The molecule has 0 aromatic heterocycles. The van der Waals surface area contributed by atoms with Crippen LogP contribution in [0.3, 0.4) is 0 Å². The summed E-state index contributed by atoms with van der Waals surface area (Å²) in [7, 11) is 0. The van der Waals surface area contributed by atoms with Gasteiger partial charge in [-0.15, -0.1) is 0 Å². The molecule has 6 nitrogen and oxygen atoms in total. The number of unbranched alkanes of at least 4 members (excludes halogenated alkanes) is 59. The fraction of sp³-hybridized carbons (Fsp3) is 0.902. The second kappa shape index (κ2) is 77.5. The quantitative estimate of drug-likeness (QED) is 0.0320. The van der Waals surface area contributed by atoms with Gasteiger partial charge >= 0.3 is 5.97 Å². The van der Waals surface area contributed by atoms with Crippen LogP contribution in [-0.4, -0.2) is 47.4 Å². The van der Waals surface area contributed by atoms with Crippen LogP contribution in [-0.2, 0) is 14.3 Å². The van der Waals surface area contributed by atoms with Gasteiger partial charge in [0.1, 0.15) is 0 Å². The highest BCUT2D eigenvalue weighted by molar-refractivity contribution is 5.76. The molecular formula is C82H157NO5. The maximum absolute atomic E-state index is 12.6. The molecule has 0 saturated heterocycles. The van der Waals surface area contributed by atoms with E-state index >= 15 is 0 Å². The van der Waals surface area contributed by atoms with Gasteiger partial charge in [0.2, 0.25) is 5.91 Å². The van der Waals surface area contributed by atoms with E-state index in [2.05, 4.69) is 55.6 Å². The van der Waals surface area contributed by atoms with Crippen LogP contribution in [0.15, 0.2) is 36.5 Å². The summed E-state index contributed by atoms with van der Waals surface area (Å²) in [5.41, 5.74) is 0. The number of hydrogen-bond donors (Lipinski definition) is 3. The highest BCUT2D eigenvalue weighted by atomic mass is 16.5. The highest BCUT2D eigenvalue weighted by Gasteiger charge is 2.20. The Morgan fingerprint density at radius 1 is 0.318 bits per heavy atom. The summed E-state index contributed by atoms with van der Waals surface area (Å²) in [4.78, 5) is 24.6. The first-order valence-corrected chi connectivity index (χ1v) is 40.2. The zero-order chi connectivity index (χ0) is 63.5. The van der Waals surface area contributed by atoms with Crippen LogP contribution in [0.1, 0.15) is 450 Å². The Morgan fingerprint density at radius 3 is 0.909 bits per heavy atom. The maximum Gasteiger partial charge on any atom is 0.305 e. The molecule has 0 aromatic rings. The van der Waals surface area contributed by atoms with E-state index in [4.69, 9.17) is 4.74 Å². The van der Waals surface area contributed by atoms with Crippen molar-refractivity contribution in [1.29, 1.82) is 0 Å². The maximum atomic E-state index is 12.6. The molecule has 2 atom stereocenters. The predicted octanol–water partition coefficient (Wildman–Crippen LogP) is 26.6. The number of hydrogen-bond acceptors (Lipinski definition) is 5. The smallest absolute Gasteiger partial charge is 0.305 e. The Kier molecular flexibility index (Phi) is 75.8. The number of amides is 1. The van der Waals surface area contributed by atoms with Gasteiger partial charge in [0, 0.05) is 12.8 Å². The van der Waals surface area contributed by atoms with Crippen molar-refractivity contribution in [2.24, 2.45) is 0 Å². The number of rotatable bonds is 76. The fourth-order valence-corrected chi connectivity index (χ4v) is 12.8. The number of aliphatic hydroxyl groups is 2. The van der Waals surface area contributed by atoms with Gasteiger partial charge in [0.15, 0.2) is 0 Å². The molecule has 0 saturated carbocycles. The van der Waals surface area contributed by atoms with E-state index in [-0.39, 0.29) is 18.5 Å². The molecule has 0 aliphatic heterocycles. The summed E-state index contributed by atoms with van der Waals surface area (Å²) in [6.07, 6.45) is 101. The molecule has 0 spiro atoms. The van der Waals surface area contributed by atoms with Crippen molar-refractivity contribution in [2.75, 3.05) is 13.2 Å². The number of allylic oxidation sites excluding steroid dienone is 6. The van der Waals surface area contributed by atoms with Crippen LogP contribution in [0.2, 0.25) is 0 Å². The van der Waals surface area contributed by atoms with E-state index in [1.807, 2.05) is 0 Å². The minimum absolute atomic E-state index is 0.00817. The summed E-state index contributed by atoms with van der Waals surface area (Å²) in [6.45, 7) is 4.96. The Bertz CT molecular complexity index is 1430. The topological polar surface area (TPSA) is 95.9 Å². The predicted molar refractivity (Wildman–Crippen MR) is 389 cm³/mol. The van der Waals surface area contributed by atoms with Gasteiger partial charge in [0.05, 0.1) is 25.4 Å². The zero-order valence-corrected chi connectivity index (χ0v) is 59.7. The van der Waals surface area contributed by atoms with Gasteiger partial charge in [-0.2, -0.15) is 0 Å². The number of carbonyl (C=O) groups excluding carboxylic acids is 2. The average Bonchev–Trinajstić information content (AvgIpc) is 3.57. The Balaban J connectivity index is 3.37. The standard InChI is InChI=1S/C82H157NO5/c1-3-5-7-9-11-13-15-16-17-18-19-20-36-39-42-45-48-51-55-58-62-66-70-74-80(85)79(78-84)83-81(86)75-71-67-63-59-56-52-49-46-43-40-37-34-32-30-28-26-24-22-21-23-25-27-29-31-33-35-38-41-44-47-50-53-57-61-65-69-73-77-88-82(87)76-72-68-64-60-54-14-12-10-8-6-4-2/h10,12,21,23,27,29,79-80,84-85H,3-9,11,13-20,22,24-26,28,30-78H2,1-2H3,(H,83,86)/b12-10-,23-21-,29-27-. The highest BCUT2D eigenvalue weighted by Crippen LogP contribution is 2.20. The molecule has 0 fully saturated rings. The van der Waals surface area contributed by atoms with Gasteiger partial charge in [-0.25, -0.2) is 0 Å². The van der Waals surface area contributed by atoms with E-state index in [1.54, 1.807) is 0 Å². The van der Waals surface area contributed by atoms with Crippen molar-refractivity contribution >= 4 is 11.9 Å².